The second-order valence-electron chi connectivity index (χ2n) is 5.04. The van der Waals surface area contributed by atoms with Crippen molar-refractivity contribution in [2.24, 2.45) is 0 Å². The number of carbonyl (C=O) groups excluding carboxylic acids is 2. The topological polar surface area (TPSA) is 59.5 Å². The van der Waals surface area contributed by atoms with Crippen molar-refractivity contribution in [3.8, 4) is 5.75 Å². The Hall–Kier alpha value is -1.91. The largest absolute Gasteiger partial charge is 0.479 e. The maximum Gasteiger partial charge on any atom is 0.263 e. The van der Waals surface area contributed by atoms with Crippen molar-refractivity contribution in [2.75, 3.05) is 13.1 Å². The molecule has 0 aromatic carbocycles. The van der Waals surface area contributed by atoms with Gasteiger partial charge in [-0.25, -0.2) is 4.98 Å². The summed E-state index contributed by atoms with van der Waals surface area (Å²) in [6.07, 6.45) is 6.12. The van der Waals surface area contributed by atoms with Crippen LogP contribution in [0.2, 0.25) is 0 Å². The molecule has 1 amide bonds. The fourth-order valence-electron chi connectivity index (χ4n) is 2.33. The number of nitrogens with zero attached hydrogens (tertiary/aromatic N) is 2. The highest BCUT2D eigenvalue weighted by molar-refractivity contribution is 5.81. The van der Waals surface area contributed by atoms with Gasteiger partial charge in [0.15, 0.2) is 12.4 Å². The number of pyridine rings is 1. The van der Waals surface area contributed by atoms with Crippen molar-refractivity contribution in [1.29, 1.82) is 0 Å². The average molecular weight is 276 g/mol. The minimum Gasteiger partial charge on any atom is -0.479 e. The molecule has 1 fully saturated rings. The van der Waals surface area contributed by atoms with E-state index >= 15 is 0 Å². The zero-order chi connectivity index (χ0) is 14.4. The quantitative estimate of drug-likeness (QED) is 0.790. The number of aromatic nitrogens is 1. The molecule has 20 heavy (non-hydrogen) atoms. The van der Waals surface area contributed by atoms with Gasteiger partial charge in [0.05, 0.1) is 6.20 Å². The summed E-state index contributed by atoms with van der Waals surface area (Å²) in [5, 5.41) is 0. The highest BCUT2D eigenvalue weighted by Crippen LogP contribution is 2.15. The van der Waals surface area contributed by atoms with E-state index in [9.17, 15) is 9.59 Å². The fourth-order valence-corrected chi connectivity index (χ4v) is 2.33. The van der Waals surface area contributed by atoms with Gasteiger partial charge in [0.2, 0.25) is 0 Å². The lowest BCUT2D eigenvalue weighted by molar-refractivity contribution is -0.137. The van der Waals surface area contributed by atoms with E-state index in [1.54, 1.807) is 19.1 Å². The molecule has 1 aromatic heterocycles. The van der Waals surface area contributed by atoms with Crippen LogP contribution in [0.3, 0.4) is 0 Å². The molecule has 0 spiro atoms. The molecule has 1 aliphatic heterocycles. The Morgan fingerprint density at radius 2 is 2.00 bits per heavy atom. The molecule has 2 rings (SSSR count). The smallest absolute Gasteiger partial charge is 0.263 e. The van der Waals surface area contributed by atoms with Crippen molar-refractivity contribution in [3.63, 3.8) is 0 Å². The molecule has 1 unspecified atom stereocenters. The molecule has 1 saturated heterocycles. The van der Waals surface area contributed by atoms with Crippen LogP contribution in [0.5, 0.6) is 5.75 Å². The van der Waals surface area contributed by atoms with Crippen molar-refractivity contribution in [3.05, 3.63) is 24.0 Å². The van der Waals surface area contributed by atoms with Gasteiger partial charge in [-0.2, -0.15) is 0 Å². The van der Waals surface area contributed by atoms with Crippen LogP contribution in [0.1, 0.15) is 43.1 Å². The molecule has 5 heteroatoms. The summed E-state index contributed by atoms with van der Waals surface area (Å²) in [4.78, 5) is 28.6. The summed E-state index contributed by atoms with van der Waals surface area (Å²) in [5.41, 5.74) is 0.351. The maximum atomic E-state index is 12.3. The first-order valence-corrected chi connectivity index (χ1v) is 7.07. The van der Waals surface area contributed by atoms with E-state index in [2.05, 4.69) is 4.98 Å². The monoisotopic (exact) mass is 276 g/mol. The van der Waals surface area contributed by atoms with Crippen LogP contribution in [0.4, 0.5) is 0 Å². The summed E-state index contributed by atoms with van der Waals surface area (Å²) in [6, 6.07) is 3.23. The van der Waals surface area contributed by atoms with E-state index in [1.807, 2.05) is 4.90 Å². The number of aldehydes is 1. The van der Waals surface area contributed by atoms with Gasteiger partial charge in [0.25, 0.3) is 5.91 Å². The molecular weight excluding hydrogens is 256 g/mol. The van der Waals surface area contributed by atoms with Crippen LogP contribution >= 0.6 is 0 Å². The first-order valence-electron chi connectivity index (χ1n) is 7.07. The van der Waals surface area contributed by atoms with Gasteiger partial charge in [-0.05, 0) is 31.9 Å². The first kappa shape index (κ1) is 14.5. The molecule has 0 saturated carbocycles. The van der Waals surface area contributed by atoms with Crippen molar-refractivity contribution in [1.82, 2.24) is 9.88 Å². The maximum absolute atomic E-state index is 12.3. The minimum atomic E-state index is -0.531. The molecule has 1 aromatic rings. The van der Waals surface area contributed by atoms with E-state index in [-0.39, 0.29) is 5.91 Å². The van der Waals surface area contributed by atoms with E-state index in [0.29, 0.717) is 17.7 Å². The average Bonchev–Trinajstić information content (AvgIpc) is 2.76. The Kier molecular flexibility index (Phi) is 5.09. The second kappa shape index (κ2) is 7.03. The zero-order valence-electron chi connectivity index (χ0n) is 11.7. The summed E-state index contributed by atoms with van der Waals surface area (Å²) < 4.78 is 5.60. The van der Waals surface area contributed by atoms with E-state index in [0.717, 1.165) is 25.9 Å². The van der Waals surface area contributed by atoms with Crippen LogP contribution in [0.25, 0.3) is 0 Å². The van der Waals surface area contributed by atoms with E-state index in [4.69, 9.17) is 4.74 Å². The van der Waals surface area contributed by atoms with Gasteiger partial charge in [-0.15, -0.1) is 0 Å². The SMILES string of the molecule is CC(Oc1ccc(C=O)nc1)C(=O)N1CCCCCC1. The second-order valence-corrected chi connectivity index (χ2v) is 5.04. The van der Waals surface area contributed by atoms with Crippen LogP contribution in [-0.2, 0) is 4.79 Å². The summed E-state index contributed by atoms with van der Waals surface area (Å²) >= 11 is 0. The number of rotatable bonds is 4. The van der Waals surface area contributed by atoms with Gasteiger partial charge in [0, 0.05) is 13.1 Å². The number of hydrogen-bond acceptors (Lipinski definition) is 4. The molecule has 1 atom stereocenters. The first-order chi connectivity index (χ1) is 9.70. The van der Waals surface area contributed by atoms with E-state index in [1.165, 1.54) is 19.0 Å². The Morgan fingerprint density at radius 3 is 2.55 bits per heavy atom. The van der Waals surface area contributed by atoms with Crippen LogP contribution in [0.15, 0.2) is 18.3 Å². The van der Waals surface area contributed by atoms with Gasteiger partial charge < -0.3 is 9.64 Å². The molecule has 0 bridgehead atoms. The van der Waals surface area contributed by atoms with Crippen molar-refractivity contribution in [2.45, 2.75) is 38.7 Å². The van der Waals surface area contributed by atoms with Crippen molar-refractivity contribution < 1.29 is 14.3 Å². The molecule has 1 aliphatic rings. The molecule has 108 valence electrons. The van der Waals surface area contributed by atoms with Gasteiger partial charge in [-0.3, -0.25) is 9.59 Å². The third kappa shape index (κ3) is 3.79. The third-order valence-corrected chi connectivity index (χ3v) is 3.46. The molecular formula is C15H20N2O3. The van der Waals surface area contributed by atoms with Crippen molar-refractivity contribution >= 4 is 12.2 Å². The minimum absolute atomic E-state index is 0.0198. The lowest BCUT2D eigenvalue weighted by Crippen LogP contribution is -2.41. The summed E-state index contributed by atoms with van der Waals surface area (Å²) in [5.74, 6) is 0.526. The third-order valence-electron chi connectivity index (χ3n) is 3.46. The van der Waals surface area contributed by atoms with Crippen LogP contribution in [0, 0.1) is 0 Å². The van der Waals surface area contributed by atoms with Crippen LogP contribution in [-0.4, -0.2) is 41.3 Å². The van der Waals surface area contributed by atoms with Gasteiger partial charge >= 0.3 is 0 Å². The summed E-state index contributed by atoms with van der Waals surface area (Å²) in [6.45, 7) is 3.38. The molecule has 0 radical (unpaired) electrons. The van der Waals surface area contributed by atoms with E-state index < -0.39 is 6.10 Å². The predicted octanol–water partition coefficient (Wildman–Crippen LogP) is 2.06. The fraction of sp³-hybridized carbons (Fsp3) is 0.533. The highest BCUT2D eigenvalue weighted by Gasteiger charge is 2.22. The van der Waals surface area contributed by atoms with Gasteiger partial charge in [0.1, 0.15) is 11.4 Å². The standard InChI is InChI=1S/C15H20N2O3/c1-12(15(19)17-8-4-2-3-5-9-17)20-14-7-6-13(11-18)16-10-14/h6-7,10-12H,2-5,8-9H2,1H3. The van der Waals surface area contributed by atoms with Gasteiger partial charge in [-0.1, -0.05) is 12.8 Å². The lowest BCUT2D eigenvalue weighted by Gasteiger charge is -2.24. The Morgan fingerprint density at radius 1 is 1.30 bits per heavy atom. The number of hydrogen-bond donors (Lipinski definition) is 0. The lowest BCUT2D eigenvalue weighted by atomic mass is 10.2. The molecule has 5 nitrogen and oxygen atoms in total. The van der Waals surface area contributed by atoms with Crippen LogP contribution < -0.4 is 4.74 Å². The Bertz CT molecular complexity index is 451. The molecule has 0 aliphatic carbocycles. The number of carbonyl (C=O) groups is 2. The highest BCUT2D eigenvalue weighted by atomic mass is 16.5. The normalized spacial score (nSPS) is 17.1. The predicted molar refractivity (Wildman–Crippen MR) is 74.8 cm³/mol. The number of ether oxygens (including phenoxy) is 1. The Balaban J connectivity index is 1.93. The zero-order valence-corrected chi connectivity index (χ0v) is 11.7. The number of amides is 1. The Labute approximate surface area is 118 Å². The summed E-state index contributed by atoms with van der Waals surface area (Å²) in [7, 11) is 0. The molecule has 0 N–H and O–H groups in total. The number of likely N-dealkylation sites (tertiary alicyclic amines) is 1. The molecule has 2 heterocycles.